The van der Waals surface area contributed by atoms with Gasteiger partial charge in [-0.25, -0.2) is 4.79 Å². The molecule has 0 bridgehead atoms. The number of hydrogen-bond donors (Lipinski definition) is 2. The van der Waals surface area contributed by atoms with Crippen molar-refractivity contribution in [2.45, 2.75) is 6.42 Å². The summed E-state index contributed by atoms with van der Waals surface area (Å²) < 4.78 is 0. The molecule has 2 aromatic rings. The number of carbonyl (C=O) groups excluding carboxylic acids is 1. The first kappa shape index (κ1) is 13.7. The molecule has 0 aliphatic rings. The average molecular weight is 270 g/mol. The maximum Gasteiger partial charge on any atom is 0.335 e. The fraction of sp³-hybridized carbons (Fsp3) is 0.133. The topological polar surface area (TPSA) is 79.3 Å². The summed E-state index contributed by atoms with van der Waals surface area (Å²) in [6, 6.07) is 9.97. The zero-order valence-corrected chi connectivity index (χ0v) is 10.7. The van der Waals surface area contributed by atoms with Crippen LogP contribution in [0, 0.1) is 0 Å². The van der Waals surface area contributed by atoms with E-state index in [2.05, 4.69) is 10.3 Å². The molecule has 102 valence electrons. The van der Waals surface area contributed by atoms with Crippen LogP contribution in [-0.2, 0) is 6.42 Å². The number of benzene rings is 1. The van der Waals surface area contributed by atoms with Crippen molar-refractivity contribution in [3.8, 4) is 0 Å². The van der Waals surface area contributed by atoms with Gasteiger partial charge in [0.2, 0.25) is 0 Å². The number of carbonyl (C=O) groups is 2. The molecular weight excluding hydrogens is 256 g/mol. The third-order valence-electron chi connectivity index (χ3n) is 2.82. The zero-order chi connectivity index (χ0) is 14.4. The predicted molar refractivity (Wildman–Crippen MR) is 73.7 cm³/mol. The van der Waals surface area contributed by atoms with Crippen LogP contribution in [-0.4, -0.2) is 28.5 Å². The molecule has 0 aliphatic carbocycles. The average Bonchev–Trinajstić information content (AvgIpc) is 2.48. The fourth-order valence-corrected chi connectivity index (χ4v) is 1.79. The highest BCUT2D eigenvalue weighted by Gasteiger charge is 2.05. The van der Waals surface area contributed by atoms with E-state index in [9.17, 15) is 9.59 Å². The molecule has 1 amide bonds. The van der Waals surface area contributed by atoms with Gasteiger partial charge in [0.25, 0.3) is 5.91 Å². The van der Waals surface area contributed by atoms with E-state index in [1.54, 1.807) is 42.7 Å². The van der Waals surface area contributed by atoms with Crippen LogP contribution < -0.4 is 5.32 Å². The van der Waals surface area contributed by atoms with Crippen LogP contribution >= 0.6 is 0 Å². The highest BCUT2D eigenvalue weighted by atomic mass is 16.4. The van der Waals surface area contributed by atoms with Crippen LogP contribution in [0.25, 0.3) is 0 Å². The van der Waals surface area contributed by atoms with Gasteiger partial charge in [-0.2, -0.15) is 0 Å². The Morgan fingerprint density at radius 2 is 1.85 bits per heavy atom. The molecule has 1 aromatic carbocycles. The first-order valence-electron chi connectivity index (χ1n) is 6.17. The number of hydrogen-bond acceptors (Lipinski definition) is 3. The van der Waals surface area contributed by atoms with E-state index in [1.165, 1.54) is 0 Å². The van der Waals surface area contributed by atoms with Gasteiger partial charge in [-0.1, -0.05) is 12.1 Å². The van der Waals surface area contributed by atoms with Crippen molar-refractivity contribution in [2.75, 3.05) is 6.54 Å². The van der Waals surface area contributed by atoms with Crippen LogP contribution in [0.1, 0.15) is 26.3 Å². The van der Waals surface area contributed by atoms with Gasteiger partial charge in [0, 0.05) is 24.5 Å². The molecule has 0 spiro atoms. The lowest BCUT2D eigenvalue weighted by atomic mass is 10.1. The van der Waals surface area contributed by atoms with Gasteiger partial charge in [0.05, 0.1) is 5.56 Å². The number of amides is 1. The molecule has 0 radical (unpaired) electrons. The van der Waals surface area contributed by atoms with E-state index in [1.807, 2.05) is 6.07 Å². The molecular formula is C15H14N2O3. The minimum absolute atomic E-state index is 0.165. The second kappa shape index (κ2) is 6.47. The van der Waals surface area contributed by atoms with E-state index in [4.69, 9.17) is 5.11 Å². The van der Waals surface area contributed by atoms with Gasteiger partial charge in [-0.15, -0.1) is 0 Å². The van der Waals surface area contributed by atoms with Gasteiger partial charge >= 0.3 is 5.97 Å². The van der Waals surface area contributed by atoms with Crippen LogP contribution in [0.3, 0.4) is 0 Å². The lowest BCUT2D eigenvalue weighted by Crippen LogP contribution is -2.25. The molecule has 2 rings (SSSR count). The number of rotatable bonds is 5. The molecule has 2 N–H and O–H groups in total. The van der Waals surface area contributed by atoms with Gasteiger partial charge < -0.3 is 10.4 Å². The lowest BCUT2D eigenvalue weighted by Gasteiger charge is -2.06. The van der Waals surface area contributed by atoms with Crippen molar-refractivity contribution < 1.29 is 14.7 Å². The van der Waals surface area contributed by atoms with Gasteiger partial charge in [-0.3, -0.25) is 9.78 Å². The van der Waals surface area contributed by atoms with Crippen molar-refractivity contribution in [3.63, 3.8) is 0 Å². The van der Waals surface area contributed by atoms with Crippen molar-refractivity contribution in [1.82, 2.24) is 10.3 Å². The molecule has 0 saturated heterocycles. The molecule has 1 heterocycles. The number of aromatic carboxylic acids is 1. The standard InChI is InChI=1S/C15H14N2O3/c18-14(12-5-7-16-8-6-12)17-9-4-11-2-1-3-13(10-11)15(19)20/h1-3,5-8,10H,4,9H2,(H,17,18)(H,19,20). The Bertz CT molecular complexity index is 612. The minimum Gasteiger partial charge on any atom is -0.478 e. The first-order valence-corrected chi connectivity index (χ1v) is 6.17. The Labute approximate surface area is 116 Å². The molecule has 0 saturated carbocycles. The Kier molecular flexibility index (Phi) is 4.44. The van der Waals surface area contributed by atoms with Crippen LogP contribution in [0.15, 0.2) is 48.8 Å². The summed E-state index contributed by atoms with van der Waals surface area (Å²) in [5.41, 5.74) is 1.68. The van der Waals surface area contributed by atoms with Crippen LogP contribution in [0.2, 0.25) is 0 Å². The second-order valence-corrected chi connectivity index (χ2v) is 4.25. The maximum absolute atomic E-state index is 11.8. The molecule has 0 atom stereocenters. The minimum atomic E-state index is -0.951. The van der Waals surface area contributed by atoms with Crippen molar-refractivity contribution in [3.05, 3.63) is 65.5 Å². The Hall–Kier alpha value is -2.69. The Balaban J connectivity index is 1.89. The van der Waals surface area contributed by atoms with E-state index in [-0.39, 0.29) is 11.5 Å². The van der Waals surface area contributed by atoms with Crippen molar-refractivity contribution >= 4 is 11.9 Å². The summed E-state index contributed by atoms with van der Waals surface area (Å²) in [5, 5.41) is 11.7. The number of pyridine rings is 1. The number of carboxylic acids is 1. The van der Waals surface area contributed by atoms with Crippen LogP contribution in [0.4, 0.5) is 0 Å². The van der Waals surface area contributed by atoms with E-state index >= 15 is 0 Å². The summed E-state index contributed by atoms with van der Waals surface area (Å²) in [7, 11) is 0. The van der Waals surface area contributed by atoms with Crippen molar-refractivity contribution in [1.29, 1.82) is 0 Å². The SMILES string of the molecule is O=C(O)c1cccc(CCNC(=O)c2ccncc2)c1. The van der Waals surface area contributed by atoms with E-state index < -0.39 is 5.97 Å². The van der Waals surface area contributed by atoms with Gasteiger partial charge in [0.1, 0.15) is 0 Å². The summed E-state index contributed by atoms with van der Waals surface area (Å²) >= 11 is 0. The number of carboxylic acid groups (broad SMARTS) is 1. The van der Waals surface area contributed by atoms with Gasteiger partial charge in [0.15, 0.2) is 0 Å². The highest BCUT2D eigenvalue weighted by Crippen LogP contribution is 2.06. The van der Waals surface area contributed by atoms with Crippen LogP contribution in [0.5, 0.6) is 0 Å². The number of nitrogens with one attached hydrogen (secondary N) is 1. The maximum atomic E-state index is 11.8. The van der Waals surface area contributed by atoms with E-state index in [0.717, 1.165) is 5.56 Å². The molecule has 20 heavy (non-hydrogen) atoms. The molecule has 0 aliphatic heterocycles. The highest BCUT2D eigenvalue weighted by molar-refractivity contribution is 5.93. The first-order chi connectivity index (χ1) is 9.66. The quantitative estimate of drug-likeness (QED) is 0.867. The third-order valence-corrected chi connectivity index (χ3v) is 2.82. The predicted octanol–water partition coefficient (Wildman–Crippen LogP) is 1.75. The molecule has 0 fully saturated rings. The summed E-state index contributed by atoms with van der Waals surface area (Å²) in [5.74, 6) is -1.12. The monoisotopic (exact) mass is 270 g/mol. The van der Waals surface area contributed by atoms with Gasteiger partial charge in [-0.05, 0) is 36.2 Å². The number of nitrogens with zero attached hydrogens (tertiary/aromatic N) is 1. The molecule has 1 aromatic heterocycles. The summed E-state index contributed by atoms with van der Waals surface area (Å²) in [4.78, 5) is 26.5. The van der Waals surface area contributed by atoms with Crippen molar-refractivity contribution in [2.24, 2.45) is 0 Å². The van der Waals surface area contributed by atoms with E-state index in [0.29, 0.717) is 18.5 Å². The number of aromatic nitrogens is 1. The fourth-order valence-electron chi connectivity index (χ4n) is 1.79. The third kappa shape index (κ3) is 3.65. The summed E-state index contributed by atoms with van der Waals surface area (Å²) in [6.45, 7) is 0.449. The normalized spacial score (nSPS) is 10.0. The molecule has 5 nitrogen and oxygen atoms in total. The summed E-state index contributed by atoms with van der Waals surface area (Å²) in [6.07, 6.45) is 3.70. The smallest absolute Gasteiger partial charge is 0.335 e. The second-order valence-electron chi connectivity index (χ2n) is 4.25. The lowest BCUT2D eigenvalue weighted by molar-refractivity contribution is 0.0696. The molecule has 0 unspecified atom stereocenters. The zero-order valence-electron chi connectivity index (χ0n) is 10.7. The Morgan fingerprint density at radius 3 is 2.55 bits per heavy atom. The Morgan fingerprint density at radius 1 is 1.10 bits per heavy atom. The molecule has 5 heteroatoms. The largest absolute Gasteiger partial charge is 0.478 e.